The van der Waals surface area contributed by atoms with Crippen LogP contribution < -0.4 is 15.0 Å². The van der Waals surface area contributed by atoms with Crippen LogP contribution in [-0.2, 0) is 0 Å². The minimum Gasteiger partial charge on any atom is -0.457 e. The van der Waals surface area contributed by atoms with Gasteiger partial charge in [-0.25, -0.2) is 0 Å². The van der Waals surface area contributed by atoms with Crippen molar-refractivity contribution in [3.05, 3.63) is 139 Å². The van der Waals surface area contributed by atoms with Gasteiger partial charge in [0.25, 0.3) is 0 Å². The zero-order valence-corrected chi connectivity index (χ0v) is 21.2. The van der Waals surface area contributed by atoms with Crippen molar-refractivity contribution >= 4 is 23.0 Å². The molecule has 1 aliphatic heterocycles. The highest BCUT2D eigenvalue weighted by atomic mass is 32.1. The molecule has 6 rings (SSSR count). The lowest BCUT2D eigenvalue weighted by Crippen LogP contribution is -2.30. The smallest absolute Gasteiger partial charge is 0.174 e. The Bertz CT molecular complexity index is 1500. The molecule has 0 saturated carbocycles. The number of hydrogen-bond donors (Lipinski definition) is 1. The number of aromatic nitrogens is 2. The fourth-order valence-electron chi connectivity index (χ4n) is 4.81. The van der Waals surface area contributed by atoms with Crippen molar-refractivity contribution in [1.82, 2.24) is 14.9 Å². The molecule has 1 saturated heterocycles. The molecule has 6 heteroatoms. The second-order valence-electron chi connectivity index (χ2n) is 9.04. The highest BCUT2D eigenvalue weighted by Crippen LogP contribution is 2.42. The Kier molecular flexibility index (Phi) is 6.16. The first-order chi connectivity index (χ1) is 18.2. The molecule has 0 aliphatic carbocycles. The molecule has 0 radical (unpaired) electrons. The summed E-state index contributed by atoms with van der Waals surface area (Å²) in [5.41, 5.74) is 5.38. The van der Waals surface area contributed by atoms with Crippen LogP contribution in [0, 0.1) is 6.92 Å². The van der Waals surface area contributed by atoms with Crippen LogP contribution in [0.3, 0.4) is 0 Å². The summed E-state index contributed by atoms with van der Waals surface area (Å²) in [4.78, 5) is 6.86. The first kappa shape index (κ1) is 23.0. The van der Waals surface area contributed by atoms with Crippen molar-refractivity contribution in [2.75, 3.05) is 4.90 Å². The van der Waals surface area contributed by atoms with Gasteiger partial charge in [-0.05, 0) is 91.9 Å². The predicted octanol–water partition coefficient (Wildman–Crippen LogP) is 7.15. The van der Waals surface area contributed by atoms with Gasteiger partial charge in [0.05, 0.1) is 11.7 Å². The minimum absolute atomic E-state index is 0.111. The van der Waals surface area contributed by atoms with Crippen molar-refractivity contribution in [2.45, 2.75) is 19.0 Å². The standard InChI is InChI=1S/C31H26N4OS/c1-22-12-14-23(15-13-22)34-21-7-11-28(34)30-29(27-10-5-6-20-32-27)33-31(37)35(30)24-16-18-26(19-17-24)36-25-8-3-2-4-9-25/h2-21,29-30H,1H3,(H,33,37)/t29-,30-/m0/s1. The van der Waals surface area contributed by atoms with E-state index in [-0.39, 0.29) is 12.1 Å². The van der Waals surface area contributed by atoms with Crippen LogP contribution in [0.4, 0.5) is 5.69 Å². The lowest BCUT2D eigenvalue weighted by molar-refractivity contribution is 0.482. The predicted molar refractivity (Wildman–Crippen MR) is 151 cm³/mol. The average molecular weight is 503 g/mol. The molecule has 2 atom stereocenters. The molecule has 2 aromatic heterocycles. The summed E-state index contributed by atoms with van der Waals surface area (Å²) in [6.07, 6.45) is 3.93. The van der Waals surface area contributed by atoms with Gasteiger partial charge in [0.1, 0.15) is 17.5 Å². The summed E-state index contributed by atoms with van der Waals surface area (Å²) in [5.74, 6) is 1.58. The summed E-state index contributed by atoms with van der Waals surface area (Å²) in [6.45, 7) is 2.10. The number of hydrogen-bond acceptors (Lipinski definition) is 3. The second kappa shape index (κ2) is 9.91. The molecule has 37 heavy (non-hydrogen) atoms. The van der Waals surface area contributed by atoms with Crippen LogP contribution >= 0.6 is 12.2 Å². The molecule has 0 spiro atoms. The van der Waals surface area contributed by atoms with Crippen LogP contribution in [0.5, 0.6) is 11.5 Å². The molecule has 0 amide bonds. The molecule has 1 fully saturated rings. The van der Waals surface area contributed by atoms with Crippen molar-refractivity contribution in [2.24, 2.45) is 0 Å². The fraction of sp³-hybridized carbons (Fsp3) is 0.0968. The Morgan fingerprint density at radius 3 is 2.19 bits per heavy atom. The van der Waals surface area contributed by atoms with Crippen LogP contribution in [0.25, 0.3) is 5.69 Å². The molecule has 182 valence electrons. The number of nitrogens with one attached hydrogen (secondary N) is 1. The molecule has 0 bridgehead atoms. The second-order valence-corrected chi connectivity index (χ2v) is 9.43. The maximum atomic E-state index is 6.02. The van der Waals surface area contributed by atoms with E-state index in [0.29, 0.717) is 5.11 Å². The summed E-state index contributed by atoms with van der Waals surface area (Å²) in [6, 6.07) is 36.4. The topological polar surface area (TPSA) is 42.3 Å². The van der Waals surface area contributed by atoms with E-state index in [1.807, 2.05) is 66.9 Å². The van der Waals surface area contributed by atoms with Gasteiger partial charge in [-0.3, -0.25) is 4.98 Å². The molecule has 0 unspecified atom stereocenters. The Labute approximate surface area is 222 Å². The first-order valence-electron chi connectivity index (χ1n) is 12.3. The van der Waals surface area contributed by atoms with Gasteiger partial charge < -0.3 is 19.5 Å². The van der Waals surface area contributed by atoms with Crippen LogP contribution in [-0.4, -0.2) is 14.7 Å². The highest BCUT2D eigenvalue weighted by Gasteiger charge is 2.42. The number of benzene rings is 3. The maximum absolute atomic E-state index is 6.02. The molecule has 1 N–H and O–H groups in total. The first-order valence-corrected chi connectivity index (χ1v) is 12.7. The Hall–Kier alpha value is -4.42. The van der Waals surface area contributed by atoms with E-state index in [1.165, 1.54) is 5.56 Å². The Balaban J connectivity index is 1.40. The van der Waals surface area contributed by atoms with E-state index in [1.54, 1.807) is 0 Å². The maximum Gasteiger partial charge on any atom is 0.174 e. The third kappa shape index (κ3) is 4.59. The Morgan fingerprint density at radius 2 is 1.46 bits per heavy atom. The normalized spacial score (nSPS) is 17.0. The molecule has 3 aromatic carbocycles. The molecule has 3 heterocycles. The van der Waals surface area contributed by atoms with Gasteiger partial charge in [0.15, 0.2) is 5.11 Å². The Morgan fingerprint density at radius 1 is 0.757 bits per heavy atom. The lowest BCUT2D eigenvalue weighted by Gasteiger charge is -2.29. The van der Waals surface area contributed by atoms with Crippen molar-refractivity contribution in [3.63, 3.8) is 0 Å². The van der Waals surface area contributed by atoms with E-state index in [9.17, 15) is 0 Å². The van der Waals surface area contributed by atoms with Crippen molar-refractivity contribution in [3.8, 4) is 17.2 Å². The number of thiocarbonyl (C=S) groups is 1. The monoisotopic (exact) mass is 502 g/mol. The van der Waals surface area contributed by atoms with Gasteiger partial charge in [-0.15, -0.1) is 0 Å². The number of ether oxygens (including phenoxy) is 1. The number of para-hydroxylation sites is 1. The highest BCUT2D eigenvalue weighted by molar-refractivity contribution is 7.80. The van der Waals surface area contributed by atoms with Gasteiger partial charge in [0, 0.05) is 29.5 Å². The number of pyridine rings is 1. The van der Waals surface area contributed by atoms with Crippen LogP contribution in [0.15, 0.2) is 122 Å². The summed E-state index contributed by atoms with van der Waals surface area (Å²) < 4.78 is 8.25. The van der Waals surface area contributed by atoms with Gasteiger partial charge in [-0.1, -0.05) is 42.0 Å². The number of nitrogens with zero attached hydrogens (tertiary/aromatic N) is 3. The molecule has 5 nitrogen and oxygen atoms in total. The molecular formula is C31H26N4OS. The molecule has 1 aliphatic rings. The third-order valence-electron chi connectivity index (χ3n) is 6.59. The lowest BCUT2D eigenvalue weighted by atomic mass is 10.0. The van der Waals surface area contributed by atoms with E-state index < -0.39 is 0 Å². The zero-order valence-electron chi connectivity index (χ0n) is 20.4. The van der Waals surface area contributed by atoms with Gasteiger partial charge >= 0.3 is 0 Å². The van der Waals surface area contributed by atoms with E-state index in [4.69, 9.17) is 17.0 Å². The largest absolute Gasteiger partial charge is 0.457 e. The zero-order chi connectivity index (χ0) is 25.2. The summed E-state index contributed by atoms with van der Waals surface area (Å²) >= 11 is 5.91. The SMILES string of the molecule is Cc1ccc(-n2cccc2[C@H]2[C@H](c3ccccn3)NC(=S)N2c2ccc(Oc3ccccc3)cc2)cc1. The van der Waals surface area contributed by atoms with E-state index in [0.717, 1.165) is 34.3 Å². The number of aryl methyl sites for hydroxylation is 1. The van der Waals surface area contributed by atoms with Gasteiger partial charge in [-0.2, -0.15) is 0 Å². The summed E-state index contributed by atoms with van der Waals surface area (Å²) in [7, 11) is 0. The van der Waals surface area contributed by atoms with Gasteiger partial charge in [0.2, 0.25) is 0 Å². The number of rotatable bonds is 6. The quantitative estimate of drug-likeness (QED) is 0.250. The van der Waals surface area contributed by atoms with Crippen LogP contribution in [0.2, 0.25) is 0 Å². The van der Waals surface area contributed by atoms with Crippen molar-refractivity contribution < 1.29 is 4.74 Å². The van der Waals surface area contributed by atoms with E-state index >= 15 is 0 Å². The summed E-state index contributed by atoms with van der Waals surface area (Å²) in [5, 5.41) is 4.21. The molecule has 5 aromatic rings. The number of anilines is 1. The third-order valence-corrected chi connectivity index (χ3v) is 6.90. The fourth-order valence-corrected chi connectivity index (χ4v) is 5.15. The van der Waals surface area contributed by atoms with E-state index in [2.05, 4.69) is 81.4 Å². The van der Waals surface area contributed by atoms with Crippen molar-refractivity contribution in [1.29, 1.82) is 0 Å². The van der Waals surface area contributed by atoms with Crippen LogP contribution in [0.1, 0.15) is 29.0 Å². The average Bonchev–Trinajstić information content (AvgIpc) is 3.55. The minimum atomic E-state index is -0.118. The molecular weight excluding hydrogens is 476 g/mol.